The Hall–Kier alpha value is -3.66. The van der Waals surface area contributed by atoms with E-state index in [0.717, 1.165) is 54.1 Å². The third-order valence-corrected chi connectivity index (χ3v) is 7.11. The first-order valence-corrected chi connectivity index (χ1v) is 12.1. The highest BCUT2D eigenvalue weighted by atomic mass is 16.5. The van der Waals surface area contributed by atoms with Crippen molar-refractivity contribution < 1.29 is 19.1 Å². The fraction of sp³-hybridized carbons (Fsp3) is 0.267. The minimum absolute atomic E-state index is 0.0956. The number of hydrogen-bond acceptors (Lipinski definition) is 4. The van der Waals surface area contributed by atoms with Gasteiger partial charge in [0.25, 0.3) is 0 Å². The SMILES string of the molecule is O=C1CCCC2=C1C(c1cccc(OCc3cccc4ccccc34)c1)C1=C(CCCC1=O)O2. The molecule has 3 aliphatic rings. The zero-order valence-electron chi connectivity index (χ0n) is 19.0. The van der Waals surface area contributed by atoms with Gasteiger partial charge in [0, 0.05) is 42.7 Å². The Kier molecular flexibility index (Phi) is 5.29. The van der Waals surface area contributed by atoms with E-state index in [2.05, 4.69) is 24.3 Å². The Labute approximate surface area is 198 Å². The van der Waals surface area contributed by atoms with Crippen molar-refractivity contribution >= 4 is 22.3 Å². The third kappa shape index (κ3) is 3.63. The molecule has 0 aromatic heterocycles. The smallest absolute Gasteiger partial charge is 0.163 e. The molecule has 0 saturated carbocycles. The lowest BCUT2D eigenvalue weighted by molar-refractivity contribution is -0.117. The van der Waals surface area contributed by atoms with Crippen molar-refractivity contribution in [1.82, 2.24) is 0 Å². The standard InChI is InChI=1S/C30H26O4/c31-24-13-5-15-26-29(24)28(30-25(32)14-6-16-27(30)34-26)20-9-4-11-22(17-20)33-18-21-10-3-8-19-7-1-2-12-23(19)21/h1-4,7-12,17,28H,5-6,13-16,18H2. The maximum absolute atomic E-state index is 13.0. The van der Waals surface area contributed by atoms with Gasteiger partial charge in [0.1, 0.15) is 23.9 Å². The predicted octanol–water partition coefficient (Wildman–Crippen LogP) is 6.55. The maximum Gasteiger partial charge on any atom is 0.163 e. The molecule has 0 bridgehead atoms. The van der Waals surface area contributed by atoms with Crippen LogP contribution in [0.5, 0.6) is 5.75 Å². The highest BCUT2D eigenvalue weighted by molar-refractivity contribution is 6.05. The number of benzene rings is 3. The molecule has 1 heterocycles. The number of carbonyl (C=O) groups excluding carboxylic acids is 2. The quantitative estimate of drug-likeness (QED) is 0.452. The summed E-state index contributed by atoms with van der Waals surface area (Å²) in [6.07, 6.45) is 4.11. The first-order chi connectivity index (χ1) is 16.7. The van der Waals surface area contributed by atoms with Crippen molar-refractivity contribution in [2.24, 2.45) is 0 Å². The number of Topliss-reactive ketones (excluding diaryl/α,β-unsaturated/α-hetero) is 2. The van der Waals surface area contributed by atoms with E-state index in [0.29, 0.717) is 30.6 Å². The van der Waals surface area contributed by atoms with Crippen LogP contribution in [0.3, 0.4) is 0 Å². The predicted molar refractivity (Wildman–Crippen MR) is 130 cm³/mol. The van der Waals surface area contributed by atoms with Crippen LogP contribution in [0.2, 0.25) is 0 Å². The highest BCUT2D eigenvalue weighted by Gasteiger charge is 2.41. The number of fused-ring (bicyclic) bond motifs is 1. The summed E-state index contributed by atoms with van der Waals surface area (Å²) < 4.78 is 12.4. The van der Waals surface area contributed by atoms with Gasteiger partial charge in [-0.2, -0.15) is 0 Å². The minimum atomic E-state index is -0.361. The van der Waals surface area contributed by atoms with Gasteiger partial charge in [-0.05, 0) is 46.9 Å². The lowest BCUT2D eigenvalue weighted by Crippen LogP contribution is -2.30. The molecule has 3 aromatic carbocycles. The zero-order valence-corrected chi connectivity index (χ0v) is 19.0. The second kappa shape index (κ2) is 8.60. The van der Waals surface area contributed by atoms with Gasteiger partial charge in [0.15, 0.2) is 11.6 Å². The Balaban J connectivity index is 1.35. The molecular weight excluding hydrogens is 424 g/mol. The van der Waals surface area contributed by atoms with Gasteiger partial charge in [0.2, 0.25) is 0 Å². The van der Waals surface area contributed by atoms with Crippen molar-refractivity contribution in [3.05, 3.63) is 101 Å². The molecule has 170 valence electrons. The molecule has 4 nitrogen and oxygen atoms in total. The second-order valence-electron chi connectivity index (χ2n) is 9.26. The van der Waals surface area contributed by atoms with Gasteiger partial charge < -0.3 is 9.47 Å². The molecule has 0 amide bonds. The van der Waals surface area contributed by atoms with Crippen LogP contribution in [0.1, 0.15) is 55.6 Å². The largest absolute Gasteiger partial charge is 0.489 e. The zero-order chi connectivity index (χ0) is 23.1. The number of ether oxygens (including phenoxy) is 2. The van der Waals surface area contributed by atoms with Crippen LogP contribution >= 0.6 is 0 Å². The number of carbonyl (C=O) groups is 2. The third-order valence-electron chi connectivity index (χ3n) is 7.11. The number of rotatable bonds is 4. The summed E-state index contributed by atoms with van der Waals surface area (Å²) in [5.74, 6) is 2.08. The first kappa shape index (κ1) is 20.9. The number of hydrogen-bond donors (Lipinski definition) is 0. The average Bonchev–Trinajstić information content (AvgIpc) is 2.87. The van der Waals surface area contributed by atoms with E-state index in [1.54, 1.807) is 0 Å². The fourth-order valence-corrected chi connectivity index (χ4v) is 5.51. The molecule has 0 unspecified atom stereocenters. The number of ketones is 2. The van der Waals surface area contributed by atoms with Crippen LogP contribution in [0.4, 0.5) is 0 Å². The molecule has 34 heavy (non-hydrogen) atoms. The summed E-state index contributed by atoms with van der Waals surface area (Å²) >= 11 is 0. The maximum atomic E-state index is 13.0. The van der Waals surface area contributed by atoms with E-state index >= 15 is 0 Å². The average molecular weight is 451 g/mol. The molecular formula is C30H26O4. The van der Waals surface area contributed by atoms with E-state index in [1.807, 2.05) is 42.5 Å². The summed E-state index contributed by atoms with van der Waals surface area (Å²) in [5, 5.41) is 2.36. The monoisotopic (exact) mass is 450 g/mol. The van der Waals surface area contributed by atoms with Crippen LogP contribution < -0.4 is 4.74 Å². The van der Waals surface area contributed by atoms with Crippen molar-refractivity contribution in [3.8, 4) is 5.75 Å². The molecule has 0 N–H and O–H groups in total. The lowest BCUT2D eigenvalue weighted by Gasteiger charge is -2.36. The Morgan fingerprint density at radius 3 is 2.21 bits per heavy atom. The summed E-state index contributed by atoms with van der Waals surface area (Å²) in [6.45, 7) is 0.443. The van der Waals surface area contributed by atoms with Gasteiger partial charge in [-0.1, -0.05) is 54.6 Å². The van der Waals surface area contributed by atoms with Crippen molar-refractivity contribution in [1.29, 1.82) is 0 Å². The molecule has 0 spiro atoms. The highest BCUT2D eigenvalue weighted by Crippen LogP contribution is 2.48. The lowest BCUT2D eigenvalue weighted by atomic mass is 9.73. The summed E-state index contributed by atoms with van der Waals surface area (Å²) in [6, 6.07) is 22.4. The van der Waals surface area contributed by atoms with E-state index in [1.165, 1.54) is 10.8 Å². The Morgan fingerprint density at radius 1 is 0.765 bits per heavy atom. The molecule has 2 aliphatic carbocycles. The summed E-state index contributed by atoms with van der Waals surface area (Å²) in [4.78, 5) is 26.0. The van der Waals surface area contributed by atoms with E-state index in [4.69, 9.17) is 9.47 Å². The van der Waals surface area contributed by atoms with Crippen molar-refractivity contribution in [2.45, 2.75) is 51.0 Å². The van der Waals surface area contributed by atoms with Crippen LogP contribution in [-0.2, 0) is 20.9 Å². The van der Waals surface area contributed by atoms with E-state index in [-0.39, 0.29) is 17.5 Å². The van der Waals surface area contributed by atoms with E-state index in [9.17, 15) is 9.59 Å². The molecule has 3 aromatic rings. The molecule has 6 rings (SSSR count). The van der Waals surface area contributed by atoms with Gasteiger partial charge in [-0.15, -0.1) is 0 Å². The van der Waals surface area contributed by atoms with E-state index < -0.39 is 0 Å². The molecule has 0 radical (unpaired) electrons. The normalized spacial score (nSPS) is 18.6. The van der Waals surface area contributed by atoms with Crippen LogP contribution in [0.15, 0.2) is 89.4 Å². The first-order valence-electron chi connectivity index (χ1n) is 12.1. The molecule has 4 heteroatoms. The van der Waals surface area contributed by atoms with Gasteiger partial charge in [0.05, 0.1) is 0 Å². The van der Waals surface area contributed by atoms with Gasteiger partial charge in [-0.25, -0.2) is 0 Å². The number of allylic oxidation sites excluding steroid dienone is 4. The topological polar surface area (TPSA) is 52.6 Å². The van der Waals surface area contributed by atoms with Crippen molar-refractivity contribution in [3.63, 3.8) is 0 Å². The molecule has 0 atom stereocenters. The molecule has 0 fully saturated rings. The van der Waals surface area contributed by atoms with Crippen molar-refractivity contribution in [2.75, 3.05) is 0 Å². The second-order valence-corrected chi connectivity index (χ2v) is 9.26. The molecule has 1 aliphatic heterocycles. The molecule has 0 saturated heterocycles. The van der Waals surface area contributed by atoms with Crippen LogP contribution in [0, 0.1) is 0 Å². The van der Waals surface area contributed by atoms with Crippen LogP contribution in [-0.4, -0.2) is 11.6 Å². The van der Waals surface area contributed by atoms with Gasteiger partial charge in [-0.3, -0.25) is 9.59 Å². The fourth-order valence-electron chi connectivity index (χ4n) is 5.51. The van der Waals surface area contributed by atoms with Crippen LogP contribution in [0.25, 0.3) is 10.8 Å². The van der Waals surface area contributed by atoms with Gasteiger partial charge >= 0.3 is 0 Å². The minimum Gasteiger partial charge on any atom is -0.489 e. The Morgan fingerprint density at radius 2 is 1.44 bits per heavy atom. The summed E-state index contributed by atoms with van der Waals surface area (Å²) in [7, 11) is 0. The summed E-state index contributed by atoms with van der Waals surface area (Å²) in [5.41, 5.74) is 3.39. The Bertz CT molecular complexity index is 1330.